The van der Waals surface area contributed by atoms with E-state index in [1.54, 1.807) is 29.2 Å². The first-order chi connectivity index (χ1) is 13.5. The molecule has 0 aromatic heterocycles. The van der Waals surface area contributed by atoms with Gasteiger partial charge in [-0.05, 0) is 36.8 Å². The molecule has 0 aliphatic carbocycles. The van der Waals surface area contributed by atoms with Crippen molar-refractivity contribution in [2.24, 2.45) is 0 Å². The number of halogens is 1. The van der Waals surface area contributed by atoms with E-state index in [2.05, 4.69) is 5.32 Å². The zero-order chi connectivity index (χ0) is 20.1. The Bertz CT molecular complexity index is 984. The molecule has 1 aliphatic rings. The van der Waals surface area contributed by atoms with Crippen molar-refractivity contribution >= 4 is 40.8 Å². The third kappa shape index (κ3) is 4.30. The number of carbonyl (C=O) groups excluding carboxylic acids is 3. The van der Waals surface area contributed by atoms with Crippen LogP contribution in [0.2, 0.25) is 5.02 Å². The molecule has 1 N–H and O–H groups in total. The van der Waals surface area contributed by atoms with E-state index >= 15 is 0 Å². The minimum absolute atomic E-state index is 0.0528. The highest BCUT2D eigenvalue weighted by atomic mass is 35.5. The van der Waals surface area contributed by atoms with Crippen LogP contribution in [0, 0.1) is 11.3 Å². The van der Waals surface area contributed by atoms with Gasteiger partial charge in [0, 0.05) is 18.0 Å². The molecule has 142 valence electrons. The lowest BCUT2D eigenvalue weighted by molar-refractivity contribution is -0.119. The zero-order valence-corrected chi connectivity index (χ0v) is 15.5. The molecule has 7 nitrogen and oxygen atoms in total. The van der Waals surface area contributed by atoms with Crippen molar-refractivity contribution in [3.63, 3.8) is 0 Å². The predicted molar refractivity (Wildman–Crippen MR) is 103 cm³/mol. The van der Waals surface area contributed by atoms with Gasteiger partial charge in [0.2, 0.25) is 5.91 Å². The van der Waals surface area contributed by atoms with Crippen LogP contribution in [0.3, 0.4) is 0 Å². The second kappa shape index (κ2) is 8.55. The Balaban J connectivity index is 1.67. The summed E-state index contributed by atoms with van der Waals surface area (Å²) in [5, 5.41) is 11.9. The van der Waals surface area contributed by atoms with Crippen LogP contribution in [0.25, 0.3) is 0 Å². The molecule has 1 heterocycles. The van der Waals surface area contributed by atoms with Crippen LogP contribution in [-0.4, -0.2) is 30.9 Å². The number of hydrogen-bond acceptors (Lipinski definition) is 5. The number of hydrogen-bond donors (Lipinski definition) is 1. The van der Waals surface area contributed by atoms with Crippen LogP contribution in [0.15, 0.2) is 42.5 Å². The van der Waals surface area contributed by atoms with Crippen LogP contribution in [0.1, 0.15) is 28.8 Å². The van der Waals surface area contributed by atoms with Crippen molar-refractivity contribution in [2.75, 3.05) is 23.4 Å². The second-order valence-corrected chi connectivity index (χ2v) is 6.53. The molecule has 28 heavy (non-hydrogen) atoms. The molecule has 1 fully saturated rings. The number of esters is 1. The summed E-state index contributed by atoms with van der Waals surface area (Å²) in [5.41, 5.74) is 1.16. The Morgan fingerprint density at radius 2 is 2.04 bits per heavy atom. The smallest absolute Gasteiger partial charge is 0.340 e. The van der Waals surface area contributed by atoms with E-state index < -0.39 is 18.5 Å². The largest absolute Gasteiger partial charge is 0.452 e. The highest BCUT2D eigenvalue weighted by Crippen LogP contribution is 2.26. The average Bonchev–Trinajstić information content (AvgIpc) is 3.12. The van der Waals surface area contributed by atoms with E-state index in [-0.39, 0.29) is 22.7 Å². The normalized spacial score (nSPS) is 13.1. The number of nitrogens with one attached hydrogen (secondary N) is 1. The monoisotopic (exact) mass is 397 g/mol. The fraction of sp³-hybridized carbons (Fsp3) is 0.200. The summed E-state index contributed by atoms with van der Waals surface area (Å²) in [4.78, 5) is 38.1. The van der Waals surface area contributed by atoms with E-state index in [1.807, 2.05) is 6.07 Å². The van der Waals surface area contributed by atoms with Gasteiger partial charge in [-0.1, -0.05) is 23.7 Å². The topological polar surface area (TPSA) is 99.5 Å². The molecule has 0 radical (unpaired) electrons. The second-order valence-electron chi connectivity index (χ2n) is 6.09. The van der Waals surface area contributed by atoms with Crippen molar-refractivity contribution in [1.82, 2.24) is 0 Å². The maximum Gasteiger partial charge on any atom is 0.340 e. The Morgan fingerprint density at radius 1 is 1.25 bits per heavy atom. The predicted octanol–water partition coefficient (Wildman–Crippen LogP) is 3.13. The van der Waals surface area contributed by atoms with E-state index in [4.69, 9.17) is 21.6 Å². The average molecular weight is 398 g/mol. The summed E-state index contributed by atoms with van der Waals surface area (Å²) in [6, 6.07) is 13.0. The maximum atomic E-state index is 12.4. The number of amides is 2. The molecule has 2 aromatic carbocycles. The summed E-state index contributed by atoms with van der Waals surface area (Å²) >= 11 is 5.88. The molecule has 1 saturated heterocycles. The number of rotatable bonds is 5. The quantitative estimate of drug-likeness (QED) is 0.781. The lowest BCUT2D eigenvalue weighted by Crippen LogP contribution is -2.27. The van der Waals surface area contributed by atoms with Gasteiger partial charge in [0.05, 0.1) is 22.5 Å². The van der Waals surface area contributed by atoms with Crippen molar-refractivity contribution in [2.45, 2.75) is 12.8 Å². The van der Waals surface area contributed by atoms with Gasteiger partial charge in [-0.3, -0.25) is 9.59 Å². The molecular weight excluding hydrogens is 382 g/mol. The summed E-state index contributed by atoms with van der Waals surface area (Å²) in [7, 11) is 0. The molecule has 0 spiro atoms. The Kier molecular flexibility index (Phi) is 5.92. The van der Waals surface area contributed by atoms with Gasteiger partial charge in [0.15, 0.2) is 6.61 Å². The van der Waals surface area contributed by atoms with E-state index in [9.17, 15) is 14.4 Å². The third-order valence-corrected chi connectivity index (χ3v) is 4.43. The summed E-state index contributed by atoms with van der Waals surface area (Å²) in [6.45, 7) is -0.00614. The summed E-state index contributed by atoms with van der Waals surface area (Å²) in [6.07, 6.45) is 1.16. The van der Waals surface area contributed by atoms with Gasteiger partial charge in [0.25, 0.3) is 5.91 Å². The lowest BCUT2D eigenvalue weighted by Gasteiger charge is -2.18. The van der Waals surface area contributed by atoms with Crippen LogP contribution in [0.4, 0.5) is 11.4 Å². The van der Waals surface area contributed by atoms with Gasteiger partial charge in [-0.15, -0.1) is 0 Å². The van der Waals surface area contributed by atoms with E-state index in [0.717, 1.165) is 6.42 Å². The first kappa shape index (κ1) is 19.4. The van der Waals surface area contributed by atoms with Gasteiger partial charge in [0.1, 0.15) is 6.07 Å². The van der Waals surface area contributed by atoms with Gasteiger partial charge >= 0.3 is 5.97 Å². The fourth-order valence-corrected chi connectivity index (χ4v) is 3.07. The maximum absolute atomic E-state index is 12.4. The van der Waals surface area contributed by atoms with Crippen LogP contribution >= 0.6 is 11.6 Å². The van der Waals surface area contributed by atoms with Crippen molar-refractivity contribution in [3.05, 3.63) is 58.6 Å². The number of para-hydroxylation sites is 1. The zero-order valence-electron chi connectivity index (χ0n) is 14.8. The molecule has 0 saturated carbocycles. The molecule has 2 amide bonds. The molecule has 0 unspecified atom stereocenters. The SMILES string of the molecule is N#Cc1ccc(Cl)cc1NC(=O)COC(=O)c1ccccc1N1CCCC1=O. The van der Waals surface area contributed by atoms with Crippen LogP contribution in [-0.2, 0) is 14.3 Å². The highest BCUT2D eigenvalue weighted by Gasteiger charge is 2.26. The highest BCUT2D eigenvalue weighted by molar-refractivity contribution is 6.31. The summed E-state index contributed by atoms with van der Waals surface area (Å²) < 4.78 is 5.10. The number of ether oxygens (including phenoxy) is 1. The number of nitriles is 1. The third-order valence-electron chi connectivity index (χ3n) is 4.20. The molecular formula is C20H16ClN3O4. The van der Waals surface area contributed by atoms with Gasteiger partial charge < -0.3 is 15.0 Å². The number of benzene rings is 2. The van der Waals surface area contributed by atoms with E-state index in [1.165, 1.54) is 18.2 Å². The minimum Gasteiger partial charge on any atom is -0.452 e. The first-order valence-corrected chi connectivity index (χ1v) is 8.93. The van der Waals surface area contributed by atoms with Crippen molar-refractivity contribution < 1.29 is 19.1 Å². The Hall–Kier alpha value is -3.37. The molecule has 3 rings (SSSR count). The van der Waals surface area contributed by atoms with Crippen molar-refractivity contribution in [3.8, 4) is 6.07 Å². The molecule has 0 atom stereocenters. The minimum atomic E-state index is -0.711. The standard InChI is InChI=1S/C20H16ClN3O4/c21-14-8-7-13(11-22)16(10-14)23-18(25)12-28-20(27)15-4-1-2-5-17(15)24-9-3-6-19(24)26/h1-2,4-5,7-8,10H,3,6,9,12H2,(H,23,25). The molecule has 2 aromatic rings. The number of anilines is 2. The fourth-order valence-electron chi connectivity index (χ4n) is 2.90. The van der Waals surface area contributed by atoms with Crippen LogP contribution in [0.5, 0.6) is 0 Å². The van der Waals surface area contributed by atoms with Gasteiger partial charge in [-0.2, -0.15) is 5.26 Å². The molecule has 0 bridgehead atoms. The van der Waals surface area contributed by atoms with Crippen molar-refractivity contribution in [1.29, 1.82) is 5.26 Å². The summed E-state index contributed by atoms with van der Waals surface area (Å²) in [5.74, 6) is -1.37. The number of carbonyl (C=O) groups is 3. The van der Waals surface area contributed by atoms with Gasteiger partial charge in [-0.25, -0.2) is 4.79 Å². The first-order valence-electron chi connectivity index (χ1n) is 8.55. The van der Waals surface area contributed by atoms with Crippen LogP contribution < -0.4 is 10.2 Å². The molecule has 8 heteroatoms. The van der Waals surface area contributed by atoms with E-state index in [0.29, 0.717) is 23.7 Å². The Labute approximate surface area is 166 Å². The molecule has 1 aliphatic heterocycles. The lowest BCUT2D eigenvalue weighted by atomic mass is 10.1. The number of nitrogens with zero attached hydrogens (tertiary/aromatic N) is 2. The Morgan fingerprint density at radius 3 is 2.75 bits per heavy atom.